The number of fused-ring (bicyclic) bond motifs is 1. The smallest absolute Gasteiger partial charge is 0.407 e. The number of hydrogen-bond donors (Lipinski definition) is 1. The van der Waals surface area contributed by atoms with Gasteiger partial charge in [0.15, 0.2) is 16.6 Å². The molecule has 1 N–H and O–H groups in total. The molecule has 29 heavy (non-hydrogen) atoms. The van der Waals surface area contributed by atoms with Crippen LogP contribution in [0.4, 0.5) is 4.79 Å². The highest BCUT2D eigenvalue weighted by molar-refractivity contribution is 7.83. The van der Waals surface area contributed by atoms with Gasteiger partial charge in [-0.15, -0.1) is 0 Å². The molecule has 0 aliphatic heterocycles. The minimum absolute atomic E-state index is 0.198. The predicted octanol–water partition coefficient (Wildman–Crippen LogP) is 4.36. The predicted molar refractivity (Wildman–Crippen MR) is 115 cm³/mol. The molecule has 1 amide bonds. The highest BCUT2D eigenvalue weighted by Crippen LogP contribution is 2.17. The maximum absolute atomic E-state index is 12.8. The van der Waals surface area contributed by atoms with E-state index < -0.39 is 22.7 Å². The van der Waals surface area contributed by atoms with Gasteiger partial charge in [-0.3, -0.25) is 0 Å². The molecular formula is C21H28N4O3S. The maximum Gasteiger partial charge on any atom is 0.407 e. The summed E-state index contributed by atoms with van der Waals surface area (Å²) in [6.07, 6.45) is 2.75. The van der Waals surface area contributed by atoms with Gasteiger partial charge in [-0.25, -0.2) is 22.9 Å². The van der Waals surface area contributed by atoms with Gasteiger partial charge in [-0.1, -0.05) is 31.5 Å². The van der Waals surface area contributed by atoms with E-state index in [0.717, 1.165) is 5.56 Å². The normalized spacial score (nSPS) is 12.1. The van der Waals surface area contributed by atoms with Crippen molar-refractivity contribution in [3.63, 3.8) is 0 Å². The fraction of sp³-hybridized carbons (Fsp3) is 0.381. The number of carbonyl (C=O) groups is 1. The molecule has 0 bridgehead atoms. The molecule has 0 radical (unpaired) electrons. The molecule has 1 unspecified atom stereocenters. The first-order valence-corrected chi connectivity index (χ1v) is 10.6. The number of hydrogen-bond acceptors (Lipinski definition) is 5. The summed E-state index contributed by atoms with van der Waals surface area (Å²) in [5, 5.41) is 2.65. The van der Waals surface area contributed by atoms with E-state index in [1.54, 1.807) is 43.2 Å². The van der Waals surface area contributed by atoms with Gasteiger partial charge < -0.3 is 10.1 Å². The zero-order chi connectivity index (χ0) is 21.6. The minimum atomic E-state index is -1.40. The summed E-state index contributed by atoms with van der Waals surface area (Å²) in [6.45, 7) is 11.6. The number of carbonyl (C=O) groups excluding carboxylic acids is 1. The van der Waals surface area contributed by atoms with Crippen molar-refractivity contribution in [3.05, 3.63) is 54.0 Å². The van der Waals surface area contributed by atoms with Crippen LogP contribution in [0, 0.1) is 6.92 Å². The minimum Gasteiger partial charge on any atom is -0.444 e. The van der Waals surface area contributed by atoms with E-state index in [1.165, 1.54) is 0 Å². The summed E-state index contributed by atoms with van der Waals surface area (Å²) in [5.41, 5.74) is 2.27. The Bertz CT molecular complexity index is 991. The molecule has 0 saturated carbocycles. The van der Waals surface area contributed by atoms with Gasteiger partial charge in [-0.2, -0.15) is 0 Å². The van der Waals surface area contributed by atoms with E-state index in [1.807, 2.05) is 45.0 Å². The van der Waals surface area contributed by atoms with Crippen molar-refractivity contribution in [1.82, 2.24) is 19.3 Å². The number of benzene rings is 1. The molecule has 1 atom stereocenters. The van der Waals surface area contributed by atoms with Crippen LogP contribution in [0.1, 0.15) is 45.9 Å². The fourth-order valence-corrected chi connectivity index (χ4v) is 3.46. The van der Waals surface area contributed by atoms with Crippen LogP contribution in [0.5, 0.6) is 0 Å². The Kier molecular flexibility index (Phi) is 7.50. The molecule has 0 aliphatic carbocycles. The Morgan fingerprint density at radius 3 is 2.45 bits per heavy atom. The molecule has 0 fully saturated rings. The van der Waals surface area contributed by atoms with Crippen molar-refractivity contribution in [2.45, 2.75) is 58.6 Å². The lowest BCUT2D eigenvalue weighted by molar-refractivity contribution is 0.0523. The standard InChI is InChI=1S/C19H22N4O3S.C2H6/c1-13-5-7-15(8-6-13)27(25)23-10-9-16-17(23)20-11-14(22-16)12-21-18(24)26-19(2,3)4;1-2/h5-11H,12H2,1-4H3,(H,21,24);1-2H3. The van der Waals surface area contributed by atoms with Gasteiger partial charge in [0, 0.05) is 6.20 Å². The molecule has 0 aliphatic rings. The number of nitrogens with zero attached hydrogens (tertiary/aromatic N) is 3. The summed E-state index contributed by atoms with van der Waals surface area (Å²) in [6, 6.07) is 9.27. The van der Waals surface area contributed by atoms with Crippen molar-refractivity contribution in [2.75, 3.05) is 0 Å². The summed E-state index contributed by atoms with van der Waals surface area (Å²) >= 11 is 0. The summed E-state index contributed by atoms with van der Waals surface area (Å²) < 4.78 is 19.6. The third-order valence-corrected chi connectivity index (χ3v) is 4.95. The van der Waals surface area contributed by atoms with Crippen molar-refractivity contribution in [2.24, 2.45) is 0 Å². The number of rotatable bonds is 4. The van der Waals surface area contributed by atoms with Crippen LogP contribution >= 0.6 is 0 Å². The van der Waals surface area contributed by atoms with Crippen LogP contribution in [-0.4, -0.2) is 29.8 Å². The van der Waals surface area contributed by atoms with Gasteiger partial charge in [0.05, 0.1) is 23.3 Å². The SMILES string of the molecule is CC.Cc1ccc(S(=O)n2ccc3nc(CNC(=O)OC(C)(C)C)cnc32)cc1. The quantitative estimate of drug-likeness (QED) is 0.683. The van der Waals surface area contributed by atoms with Crippen molar-refractivity contribution in [1.29, 1.82) is 0 Å². The molecule has 3 aromatic rings. The molecule has 3 rings (SSSR count). The summed E-state index contributed by atoms with van der Waals surface area (Å²) in [7, 11) is -1.40. The molecule has 0 spiro atoms. The van der Waals surface area contributed by atoms with Gasteiger partial charge in [-0.05, 0) is 45.9 Å². The van der Waals surface area contributed by atoms with Gasteiger partial charge >= 0.3 is 6.09 Å². The number of alkyl carbamates (subject to hydrolysis) is 1. The second-order valence-electron chi connectivity index (χ2n) is 7.13. The number of amides is 1. The van der Waals surface area contributed by atoms with Crippen LogP contribution in [0.15, 0.2) is 47.6 Å². The highest BCUT2D eigenvalue weighted by atomic mass is 32.2. The lowest BCUT2D eigenvalue weighted by Crippen LogP contribution is -2.32. The van der Waals surface area contributed by atoms with Crippen LogP contribution in [0.25, 0.3) is 11.2 Å². The average Bonchev–Trinajstić information content (AvgIpc) is 3.10. The number of aromatic nitrogens is 3. The Hall–Kier alpha value is -2.74. The molecule has 7 nitrogen and oxygen atoms in total. The van der Waals surface area contributed by atoms with Gasteiger partial charge in [0.25, 0.3) is 0 Å². The molecule has 2 aromatic heterocycles. The maximum atomic E-state index is 12.8. The van der Waals surface area contributed by atoms with Crippen LogP contribution in [0.2, 0.25) is 0 Å². The molecule has 0 saturated heterocycles. The van der Waals surface area contributed by atoms with Crippen LogP contribution in [0.3, 0.4) is 0 Å². The Morgan fingerprint density at radius 2 is 1.83 bits per heavy atom. The van der Waals surface area contributed by atoms with Crippen molar-refractivity contribution >= 4 is 28.2 Å². The first-order valence-electron chi connectivity index (χ1n) is 9.52. The first kappa shape index (κ1) is 22.5. The van der Waals surface area contributed by atoms with E-state index in [2.05, 4.69) is 15.3 Å². The molecule has 156 valence electrons. The van der Waals surface area contributed by atoms with Gasteiger partial charge in [0.1, 0.15) is 11.1 Å². The number of ether oxygens (including phenoxy) is 1. The molecule has 2 heterocycles. The third-order valence-electron chi connectivity index (χ3n) is 3.62. The van der Waals surface area contributed by atoms with E-state index in [4.69, 9.17) is 4.74 Å². The zero-order valence-corrected chi connectivity index (χ0v) is 18.5. The zero-order valence-electron chi connectivity index (χ0n) is 17.7. The molecule has 1 aromatic carbocycles. The lowest BCUT2D eigenvalue weighted by Gasteiger charge is -2.19. The third kappa shape index (κ3) is 6.12. The van der Waals surface area contributed by atoms with Crippen LogP contribution < -0.4 is 5.32 Å². The van der Waals surface area contributed by atoms with Crippen LogP contribution in [-0.2, 0) is 22.3 Å². The van der Waals surface area contributed by atoms with E-state index in [0.29, 0.717) is 21.8 Å². The van der Waals surface area contributed by atoms with Crippen molar-refractivity contribution in [3.8, 4) is 0 Å². The number of aryl methyl sites for hydroxylation is 1. The van der Waals surface area contributed by atoms with E-state index in [9.17, 15) is 9.00 Å². The average molecular weight is 417 g/mol. The molecular weight excluding hydrogens is 388 g/mol. The Balaban J connectivity index is 0.00000145. The summed E-state index contributed by atoms with van der Waals surface area (Å²) in [5.74, 6) is 0. The summed E-state index contributed by atoms with van der Waals surface area (Å²) in [4.78, 5) is 21.3. The number of nitrogens with one attached hydrogen (secondary N) is 1. The van der Waals surface area contributed by atoms with E-state index >= 15 is 0 Å². The van der Waals surface area contributed by atoms with Gasteiger partial charge in [0.2, 0.25) is 0 Å². The lowest BCUT2D eigenvalue weighted by atomic mass is 10.2. The highest BCUT2D eigenvalue weighted by Gasteiger charge is 2.16. The molecule has 8 heteroatoms. The topological polar surface area (TPSA) is 86.1 Å². The van der Waals surface area contributed by atoms with E-state index in [-0.39, 0.29) is 6.54 Å². The first-order chi connectivity index (χ1) is 13.7. The monoisotopic (exact) mass is 416 g/mol. The Morgan fingerprint density at radius 1 is 1.17 bits per heavy atom. The van der Waals surface area contributed by atoms with Crippen molar-refractivity contribution < 1.29 is 13.7 Å². The Labute approximate surface area is 174 Å². The second-order valence-corrected chi connectivity index (χ2v) is 8.49. The second kappa shape index (κ2) is 9.65. The fourth-order valence-electron chi connectivity index (χ4n) is 2.39. The largest absolute Gasteiger partial charge is 0.444 e.